The van der Waals surface area contributed by atoms with Crippen LogP contribution in [0.4, 0.5) is 10.1 Å². The average molecular weight is 323 g/mol. The summed E-state index contributed by atoms with van der Waals surface area (Å²) in [5.41, 5.74) is 7.45. The van der Waals surface area contributed by atoms with Gasteiger partial charge in [-0.15, -0.1) is 0 Å². The number of thiocarbonyl (C=S) groups is 1. The van der Waals surface area contributed by atoms with E-state index in [1.807, 2.05) is 43.1 Å². The molecule has 0 fully saturated rings. The van der Waals surface area contributed by atoms with E-state index in [9.17, 15) is 4.39 Å². The van der Waals surface area contributed by atoms with E-state index in [1.165, 1.54) is 6.07 Å². The molecule has 0 aromatic heterocycles. The molecular weight excluding hydrogens is 307 g/mol. The summed E-state index contributed by atoms with van der Waals surface area (Å²) in [6, 6.07) is 12.5. The van der Waals surface area contributed by atoms with Crippen LogP contribution in [0.5, 0.6) is 0 Å². The fraction of sp³-hybridized carbons (Fsp3) is 0.188. The minimum absolute atomic E-state index is 0.00813. The van der Waals surface area contributed by atoms with Gasteiger partial charge in [0.05, 0.1) is 6.04 Å². The molecule has 0 bridgehead atoms. The Hall–Kier alpha value is -1.65. The molecule has 0 spiro atoms. The van der Waals surface area contributed by atoms with E-state index in [2.05, 4.69) is 0 Å². The van der Waals surface area contributed by atoms with Crippen molar-refractivity contribution in [2.24, 2.45) is 5.73 Å². The van der Waals surface area contributed by atoms with E-state index in [-0.39, 0.29) is 16.6 Å². The van der Waals surface area contributed by atoms with E-state index in [4.69, 9.17) is 29.6 Å². The zero-order valence-electron chi connectivity index (χ0n) is 11.8. The summed E-state index contributed by atoms with van der Waals surface area (Å²) >= 11 is 11.0. The lowest BCUT2D eigenvalue weighted by atomic mass is 10.1. The first-order valence-electron chi connectivity index (χ1n) is 6.48. The lowest BCUT2D eigenvalue weighted by Crippen LogP contribution is -2.22. The highest BCUT2D eigenvalue weighted by Crippen LogP contribution is 2.30. The third-order valence-electron chi connectivity index (χ3n) is 3.56. The van der Waals surface area contributed by atoms with Gasteiger partial charge in [-0.05, 0) is 36.8 Å². The van der Waals surface area contributed by atoms with Crippen molar-refractivity contribution in [3.63, 3.8) is 0 Å². The number of hydrogen-bond acceptors (Lipinski definition) is 2. The molecule has 2 aromatic rings. The maximum Gasteiger partial charge on any atom is 0.135 e. The Kier molecular flexibility index (Phi) is 4.80. The van der Waals surface area contributed by atoms with E-state index >= 15 is 0 Å². The molecule has 0 aliphatic rings. The van der Waals surface area contributed by atoms with Crippen LogP contribution < -0.4 is 10.6 Å². The van der Waals surface area contributed by atoms with Gasteiger partial charge in [0.25, 0.3) is 0 Å². The number of rotatable bonds is 4. The SMILES string of the molecule is CC(c1ccccc1Cl)N(C)c1ccc(C(N)=S)c(F)c1. The van der Waals surface area contributed by atoms with Gasteiger partial charge in [-0.3, -0.25) is 0 Å². The van der Waals surface area contributed by atoms with Gasteiger partial charge in [-0.1, -0.05) is 42.0 Å². The number of benzene rings is 2. The summed E-state index contributed by atoms with van der Waals surface area (Å²) in [5, 5.41) is 0.692. The second-order valence-corrected chi connectivity index (χ2v) is 5.68. The van der Waals surface area contributed by atoms with Gasteiger partial charge in [-0.2, -0.15) is 0 Å². The molecule has 110 valence electrons. The summed E-state index contributed by atoms with van der Waals surface area (Å²) in [5.74, 6) is -0.418. The maximum atomic E-state index is 14.0. The molecule has 2 nitrogen and oxygen atoms in total. The Balaban J connectivity index is 2.32. The van der Waals surface area contributed by atoms with Crippen molar-refractivity contribution in [1.29, 1.82) is 0 Å². The lowest BCUT2D eigenvalue weighted by molar-refractivity contribution is 0.623. The van der Waals surface area contributed by atoms with Crippen LogP contribution in [-0.4, -0.2) is 12.0 Å². The van der Waals surface area contributed by atoms with Crippen LogP contribution >= 0.6 is 23.8 Å². The molecule has 1 unspecified atom stereocenters. The number of nitrogens with zero attached hydrogens (tertiary/aromatic N) is 1. The minimum Gasteiger partial charge on any atom is -0.389 e. The van der Waals surface area contributed by atoms with E-state index in [1.54, 1.807) is 12.1 Å². The Morgan fingerprint density at radius 2 is 1.95 bits per heavy atom. The average Bonchev–Trinajstić information content (AvgIpc) is 2.45. The standard InChI is InChI=1S/C16H16ClFN2S/c1-10(12-5-3-4-6-14(12)17)20(2)11-7-8-13(16(19)21)15(18)9-11/h3-10H,1-2H3,(H2,19,21). The number of halogens is 2. The predicted octanol–water partition coefficient (Wildman–Crippen LogP) is 4.31. The van der Waals surface area contributed by atoms with Crippen LogP contribution in [0, 0.1) is 5.82 Å². The van der Waals surface area contributed by atoms with Crippen LogP contribution in [0.1, 0.15) is 24.1 Å². The molecule has 2 rings (SSSR count). The minimum atomic E-state index is -0.418. The zero-order valence-corrected chi connectivity index (χ0v) is 13.4. The quantitative estimate of drug-likeness (QED) is 0.850. The summed E-state index contributed by atoms with van der Waals surface area (Å²) in [6.07, 6.45) is 0. The molecule has 0 aliphatic carbocycles. The Morgan fingerprint density at radius 3 is 2.52 bits per heavy atom. The fourth-order valence-corrected chi connectivity index (χ4v) is 2.63. The molecular formula is C16H16ClFN2S. The Morgan fingerprint density at radius 1 is 1.29 bits per heavy atom. The molecule has 0 saturated heterocycles. The second kappa shape index (κ2) is 6.41. The Bertz CT molecular complexity index is 675. The maximum absolute atomic E-state index is 14.0. The highest BCUT2D eigenvalue weighted by Gasteiger charge is 2.16. The molecule has 0 saturated carbocycles. The first kappa shape index (κ1) is 15.7. The normalized spacial score (nSPS) is 12.0. The van der Waals surface area contributed by atoms with Gasteiger partial charge in [0, 0.05) is 23.3 Å². The summed E-state index contributed by atoms with van der Waals surface area (Å²) in [4.78, 5) is 2.01. The summed E-state index contributed by atoms with van der Waals surface area (Å²) in [7, 11) is 1.89. The molecule has 2 aromatic carbocycles. The van der Waals surface area contributed by atoms with Gasteiger partial charge in [0.2, 0.25) is 0 Å². The van der Waals surface area contributed by atoms with Crippen molar-refractivity contribution in [3.8, 4) is 0 Å². The van der Waals surface area contributed by atoms with Crippen molar-refractivity contribution in [2.45, 2.75) is 13.0 Å². The molecule has 0 amide bonds. The third-order valence-corrected chi connectivity index (χ3v) is 4.13. The summed E-state index contributed by atoms with van der Waals surface area (Å²) in [6.45, 7) is 2.01. The van der Waals surface area contributed by atoms with Crippen LogP contribution in [0.2, 0.25) is 5.02 Å². The molecule has 0 radical (unpaired) electrons. The molecule has 0 heterocycles. The van der Waals surface area contributed by atoms with Gasteiger partial charge in [0.1, 0.15) is 10.8 Å². The third kappa shape index (κ3) is 3.34. The van der Waals surface area contributed by atoms with Crippen molar-refractivity contribution in [2.75, 3.05) is 11.9 Å². The van der Waals surface area contributed by atoms with Crippen LogP contribution in [-0.2, 0) is 0 Å². The zero-order chi connectivity index (χ0) is 15.6. The predicted molar refractivity (Wildman–Crippen MR) is 90.6 cm³/mol. The van der Waals surface area contributed by atoms with E-state index < -0.39 is 5.82 Å². The number of hydrogen-bond donors (Lipinski definition) is 1. The number of anilines is 1. The van der Waals surface area contributed by atoms with Crippen molar-refractivity contribution in [3.05, 3.63) is 64.4 Å². The first-order chi connectivity index (χ1) is 9.91. The molecule has 2 N–H and O–H groups in total. The van der Waals surface area contributed by atoms with E-state index in [0.29, 0.717) is 5.02 Å². The summed E-state index contributed by atoms with van der Waals surface area (Å²) < 4.78 is 14.0. The largest absolute Gasteiger partial charge is 0.389 e. The van der Waals surface area contributed by atoms with Crippen LogP contribution in [0.25, 0.3) is 0 Å². The molecule has 5 heteroatoms. The van der Waals surface area contributed by atoms with Gasteiger partial charge >= 0.3 is 0 Å². The highest BCUT2D eigenvalue weighted by atomic mass is 35.5. The molecule has 1 atom stereocenters. The van der Waals surface area contributed by atoms with Crippen LogP contribution in [0.15, 0.2) is 42.5 Å². The van der Waals surface area contributed by atoms with Gasteiger partial charge in [-0.25, -0.2) is 4.39 Å². The highest BCUT2D eigenvalue weighted by molar-refractivity contribution is 7.80. The fourth-order valence-electron chi connectivity index (χ4n) is 2.17. The monoisotopic (exact) mass is 322 g/mol. The van der Waals surface area contributed by atoms with Gasteiger partial charge < -0.3 is 10.6 Å². The van der Waals surface area contributed by atoms with Crippen molar-refractivity contribution >= 4 is 34.5 Å². The van der Waals surface area contributed by atoms with E-state index in [0.717, 1.165) is 11.3 Å². The topological polar surface area (TPSA) is 29.3 Å². The smallest absolute Gasteiger partial charge is 0.135 e. The lowest BCUT2D eigenvalue weighted by Gasteiger charge is -2.28. The van der Waals surface area contributed by atoms with Gasteiger partial charge in [0.15, 0.2) is 0 Å². The molecule has 0 aliphatic heterocycles. The first-order valence-corrected chi connectivity index (χ1v) is 7.27. The van der Waals surface area contributed by atoms with Crippen LogP contribution in [0.3, 0.4) is 0 Å². The number of nitrogens with two attached hydrogens (primary N) is 1. The van der Waals surface area contributed by atoms with Crippen molar-refractivity contribution in [1.82, 2.24) is 0 Å². The second-order valence-electron chi connectivity index (χ2n) is 4.84. The van der Waals surface area contributed by atoms with Crippen molar-refractivity contribution < 1.29 is 4.39 Å². The molecule has 21 heavy (non-hydrogen) atoms. The Labute approximate surface area is 134 Å².